The van der Waals surface area contributed by atoms with E-state index in [0.29, 0.717) is 23.6 Å². The average Bonchev–Trinajstić information content (AvgIpc) is 2.41. The van der Waals surface area contributed by atoms with Crippen LogP contribution in [0.1, 0.15) is 18.2 Å². The first-order chi connectivity index (χ1) is 9.54. The zero-order valence-corrected chi connectivity index (χ0v) is 12.2. The molecule has 0 fully saturated rings. The third kappa shape index (κ3) is 2.77. The fraction of sp³-hybridized carbons (Fsp3) is 0.200. The van der Waals surface area contributed by atoms with Gasteiger partial charge in [-0.2, -0.15) is 0 Å². The lowest BCUT2D eigenvalue weighted by Crippen LogP contribution is -2.23. The third-order valence-electron chi connectivity index (χ3n) is 2.99. The molecule has 0 unspecified atom stereocenters. The van der Waals surface area contributed by atoms with E-state index in [2.05, 4.69) is 4.98 Å². The van der Waals surface area contributed by atoms with E-state index >= 15 is 0 Å². The van der Waals surface area contributed by atoms with Crippen LogP contribution in [0.25, 0.3) is 0 Å². The number of anilines is 2. The molecule has 0 aliphatic rings. The van der Waals surface area contributed by atoms with Crippen LogP contribution in [0.2, 0.25) is 0 Å². The van der Waals surface area contributed by atoms with Gasteiger partial charge in [-0.05, 0) is 38.1 Å². The van der Waals surface area contributed by atoms with Crippen molar-refractivity contribution in [3.8, 4) is 0 Å². The number of halogens is 1. The van der Waals surface area contributed by atoms with E-state index in [1.165, 1.54) is 6.07 Å². The van der Waals surface area contributed by atoms with Gasteiger partial charge in [0, 0.05) is 12.2 Å². The fourth-order valence-corrected chi connectivity index (χ4v) is 2.21. The molecule has 2 aromatic rings. The molecule has 0 amide bonds. The van der Waals surface area contributed by atoms with Gasteiger partial charge in [0.25, 0.3) is 0 Å². The maximum Gasteiger partial charge on any atom is 0.146 e. The van der Waals surface area contributed by atoms with E-state index in [1.54, 1.807) is 23.1 Å². The van der Waals surface area contributed by atoms with E-state index in [9.17, 15) is 4.39 Å². The highest BCUT2D eigenvalue weighted by Gasteiger charge is 2.17. The van der Waals surface area contributed by atoms with Gasteiger partial charge in [-0.25, -0.2) is 9.37 Å². The Morgan fingerprint density at radius 3 is 2.60 bits per heavy atom. The zero-order chi connectivity index (χ0) is 14.7. The highest BCUT2D eigenvalue weighted by Crippen LogP contribution is 2.29. The highest BCUT2D eigenvalue weighted by atomic mass is 32.1. The van der Waals surface area contributed by atoms with Gasteiger partial charge in [-0.15, -0.1) is 0 Å². The standard InChI is InChI=1S/C15H16FN3S/c1-3-19(13-7-5-4-6-12(13)16)15-11(14(17)20)9-8-10(2)18-15/h4-9H,3H2,1-2H3,(H2,17,20). The summed E-state index contributed by atoms with van der Waals surface area (Å²) in [5.74, 6) is 0.289. The molecule has 0 atom stereocenters. The first-order valence-electron chi connectivity index (χ1n) is 6.34. The first kappa shape index (κ1) is 14.4. The van der Waals surface area contributed by atoms with Gasteiger partial charge < -0.3 is 10.6 Å². The molecular formula is C15H16FN3S. The molecule has 2 rings (SSSR count). The van der Waals surface area contributed by atoms with Gasteiger partial charge in [0.05, 0.1) is 11.3 Å². The lowest BCUT2D eigenvalue weighted by molar-refractivity contribution is 0.625. The van der Waals surface area contributed by atoms with Crippen molar-refractivity contribution in [1.29, 1.82) is 0 Å². The number of hydrogen-bond acceptors (Lipinski definition) is 3. The van der Waals surface area contributed by atoms with Crippen LogP contribution in [0.15, 0.2) is 36.4 Å². The monoisotopic (exact) mass is 289 g/mol. The summed E-state index contributed by atoms with van der Waals surface area (Å²) in [6, 6.07) is 10.2. The summed E-state index contributed by atoms with van der Waals surface area (Å²) < 4.78 is 14.0. The molecule has 5 heteroatoms. The minimum Gasteiger partial charge on any atom is -0.389 e. The predicted molar refractivity (Wildman–Crippen MR) is 83.9 cm³/mol. The van der Waals surface area contributed by atoms with Gasteiger partial charge in [-0.3, -0.25) is 0 Å². The smallest absolute Gasteiger partial charge is 0.146 e. The molecule has 0 saturated carbocycles. The molecule has 0 spiro atoms. The van der Waals surface area contributed by atoms with Crippen molar-refractivity contribution < 1.29 is 4.39 Å². The minimum atomic E-state index is -0.299. The molecule has 3 nitrogen and oxygen atoms in total. The Balaban J connectivity index is 2.60. The lowest BCUT2D eigenvalue weighted by Gasteiger charge is -2.25. The van der Waals surface area contributed by atoms with E-state index in [4.69, 9.17) is 18.0 Å². The van der Waals surface area contributed by atoms with Crippen LogP contribution in [0.4, 0.5) is 15.9 Å². The summed E-state index contributed by atoms with van der Waals surface area (Å²) >= 11 is 5.06. The van der Waals surface area contributed by atoms with E-state index < -0.39 is 0 Å². The largest absolute Gasteiger partial charge is 0.389 e. The van der Waals surface area contributed by atoms with Crippen LogP contribution < -0.4 is 10.6 Å². The maximum atomic E-state index is 14.0. The maximum absolute atomic E-state index is 14.0. The summed E-state index contributed by atoms with van der Waals surface area (Å²) in [4.78, 5) is 6.50. The number of pyridine rings is 1. The van der Waals surface area contributed by atoms with E-state index in [-0.39, 0.29) is 10.8 Å². The molecule has 0 aliphatic carbocycles. The normalized spacial score (nSPS) is 10.3. The molecule has 2 N–H and O–H groups in total. The molecule has 20 heavy (non-hydrogen) atoms. The Hall–Kier alpha value is -2.01. The number of aromatic nitrogens is 1. The van der Waals surface area contributed by atoms with Crippen molar-refractivity contribution in [2.45, 2.75) is 13.8 Å². The second-order valence-electron chi connectivity index (χ2n) is 4.38. The van der Waals surface area contributed by atoms with Gasteiger partial charge in [0.2, 0.25) is 0 Å². The Morgan fingerprint density at radius 1 is 1.30 bits per heavy atom. The van der Waals surface area contributed by atoms with Crippen molar-refractivity contribution in [2.75, 3.05) is 11.4 Å². The number of hydrogen-bond donors (Lipinski definition) is 1. The van der Waals surface area contributed by atoms with Crippen molar-refractivity contribution in [2.24, 2.45) is 5.73 Å². The van der Waals surface area contributed by atoms with Gasteiger partial charge in [0.1, 0.15) is 16.6 Å². The van der Waals surface area contributed by atoms with Crippen LogP contribution >= 0.6 is 12.2 Å². The van der Waals surface area contributed by atoms with Crippen LogP contribution in [-0.2, 0) is 0 Å². The number of para-hydroxylation sites is 1. The number of nitrogens with zero attached hydrogens (tertiary/aromatic N) is 2. The summed E-state index contributed by atoms with van der Waals surface area (Å²) in [6.45, 7) is 4.37. The van der Waals surface area contributed by atoms with Gasteiger partial charge in [0.15, 0.2) is 0 Å². The van der Waals surface area contributed by atoms with Crippen molar-refractivity contribution in [1.82, 2.24) is 4.98 Å². The number of thiocarbonyl (C=S) groups is 1. The Kier molecular flexibility index (Phi) is 4.29. The molecule has 1 heterocycles. The molecule has 0 aliphatic heterocycles. The predicted octanol–water partition coefficient (Wildman–Crippen LogP) is 3.32. The topological polar surface area (TPSA) is 42.2 Å². The minimum absolute atomic E-state index is 0.252. The van der Waals surface area contributed by atoms with Gasteiger partial charge in [-0.1, -0.05) is 24.4 Å². The fourth-order valence-electron chi connectivity index (χ4n) is 2.05. The molecule has 1 aromatic heterocycles. The number of aryl methyl sites for hydroxylation is 1. The second kappa shape index (κ2) is 5.96. The molecular weight excluding hydrogens is 273 g/mol. The van der Waals surface area contributed by atoms with E-state index in [1.807, 2.05) is 26.0 Å². The molecule has 0 radical (unpaired) electrons. The SMILES string of the molecule is CCN(c1ccccc1F)c1nc(C)ccc1C(N)=S. The van der Waals surface area contributed by atoms with Gasteiger partial charge >= 0.3 is 0 Å². The Bertz CT molecular complexity index is 643. The number of nitrogens with two attached hydrogens (primary N) is 1. The van der Waals surface area contributed by atoms with Crippen LogP contribution in [0, 0.1) is 12.7 Å². The second-order valence-corrected chi connectivity index (χ2v) is 4.82. The quantitative estimate of drug-likeness (QED) is 0.877. The highest BCUT2D eigenvalue weighted by molar-refractivity contribution is 7.80. The molecule has 104 valence electrons. The Labute approximate surface area is 123 Å². The summed E-state index contributed by atoms with van der Waals surface area (Å²) in [6.07, 6.45) is 0. The summed E-state index contributed by atoms with van der Waals surface area (Å²) in [5, 5.41) is 0. The Morgan fingerprint density at radius 2 is 2.00 bits per heavy atom. The lowest BCUT2D eigenvalue weighted by atomic mass is 10.2. The molecule has 0 bridgehead atoms. The van der Waals surface area contributed by atoms with Crippen molar-refractivity contribution in [3.63, 3.8) is 0 Å². The van der Waals surface area contributed by atoms with Crippen LogP contribution in [-0.4, -0.2) is 16.5 Å². The third-order valence-corrected chi connectivity index (χ3v) is 3.21. The number of benzene rings is 1. The van der Waals surface area contributed by atoms with Crippen molar-refractivity contribution in [3.05, 3.63) is 53.5 Å². The molecule has 1 aromatic carbocycles. The first-order valence-corrected chi connectivity index (χ1v) is 6.75. The summed E-state index contributed by atoms with van der Waals surface area (Å²) in [5.41, 5.74) is 7.69. The van der Waals surface area contributed by atoms with Crippen LogP contribution in [0.3, 0.4) is 0 Å². The van der Waals surface area contributed by atoms with Crippen molar-refractivity contribution >= 4 is 28.7 Å². The van der Waals surface area contributed by atoms with Crippen LogP contribution in [0.5, 0.6) is 0 Å². The number of rotatable bonds is 4. The molecule has 0 saturated heterocycles. The summed E-state index contributed by atoms with van der Waals surface area (Å²) in [7, 11) is 0. The average molecular weight is 289 g/mol. The van der Waals surface area contributed by atoms with E-state index in [0.717, 1.165) is 5.69 Å². The zero-order valence-electron chi connectivity index (χ0n) is 11.4.